The Hall–Kier alpha value is -1.10. The third-order valence-electron chi connectivity index (χ3n) is 1.29. The predicted molar refractivity (Wildman–Crippen MR) is 44.4 cm³/mol. The number of carbonyl (C=O) groups excluding carboxylic acids is 1. The van der Waals surface area contributed by atoms with Crippen molar-refractivity contribution in [3.05, 3.63) is 33.7 Å². The molecule has 1 aromatic heterocycles. The van der Waals surface area contributed by atoms with Crippen LogP contribution in [0.25, 0.3) is 0 Å². The second-order valence-electron chi connectivity index (χ2n) is 2.02. The molecule has 64 valence electrons. The fraction of sp³-hybridized carbons (Fsp3) is 0.143. The molecular formula is C7H6BrNO3. The van der Waals surface area contributed by atoms with Crippen LogP contribution in [0.15, 0.2) is 22.8 Å². The van der Waals surface area contributed by atoms with Crippen LogP contribution in [-0.4, -0.2) is 13.1 Å². The molecule has 0 unspecified atom stereocenters. The number of esters is 1. The number of methoxy groups -OCH3 is 1. The van der Waals surface area contributed by atoms with E-state index in [4.69, 9.17) is 0 Å². The highest BCUT2D eigenvalue weighted by Crippen LogP contribution is 2.12. The summed E-state index contributed by atoms with van der Waals surface area (Å²) in [6.07, 6.45) is 1.23. The number of halogens is 1. The molecule has 0 radical (unpaired) electrons. The van der Waals surface area contributed by atoms with Gasteiger partial charge in [0.25, 0.3) is 0 Å². The average Bonchev–Trinajstić information content (AvgIpc) is 2.03. The molecule has 0 saturated heterocycles. The van der Waals surface area contributed by atoms with Gasteiger partial charge in [-0.25, -0.2) is 4.79 Å². The summed E-state index contributed by atoms with van der Waals surface area (Å²) in [5.74, 6) is -0.655. The van der Waals surface area contributed by atoms with Gasteiger partial charge in [0.15, 0.2) is 6.20 Å². The first kappa shape index (κ1) is 8.99. The lowest BCUT2D eigenvalue weighted by molar-refractivity contribution is -0.609. The number of aromatic nitrogens is 1. The van der Waals surface area contributed by atoms with E-state index in [0.29, 0.717) is 9.20 Å². The summed E-state index contributed by atoms with van der Waals surface area (Å²) in [6.45, 7) is 0. The number of pyridine rings is 1. The van der Waals surface area contributed by atoms with E-state index in [2.05, 4.69) is 20.7 Å². The summed E-state index contributed by atoms with van der Waals surface area (Å²) in [4.78, 5) is 11.0. The van der Waals surface area contributed by atoms with E-state index in [1.165, 1.54) is 19.4 Å². The van der Waals surface area contributed by atoms with E-state index in [1.807, 2.05) is 0 Å². The molecule has 0 atom stereocenters. The lowest BCUT2D eigenvalue weighted by Crippen LogP contribution is -2.34. The van der Waals surface area contributed by atoms with Gasteiger partial charge in [-0.15, -0.1) is 0 Å². The molecule has 12 heavy (non-hydrogen) atoms. The summed E-state index contributed by atoms with van der Waals surface area (Å²) in [6, 6.07) is 3.13. The minimum absolute atomic E-state index is 0.0417. The van der Waals surface area contributed by atoms with Crippen LogP contribution in [0.4, 0.5) is 0 Å². The fourth-order valence-electron chi connectivity index (χ4n) is 0.749. The zero-order chi connectivity index (χ0) is 9.14. The van der Waals surface area contributed by atoms with Crippen molar-refractivity contribution in [2.75, 3.05) is 7.11 Å². The second-order valence-corrected chi connectivity index (χ2v) is 2.88. The molecule has 0 aliphatic heterocycles. The maximum absolute atomic E-state index is 11.0. The molecule has 0 saturated carbocycles. The molecule has 0 N–H and O–H groups in total. The van der Waals surface area contributed by atoms with Gasteiger partial charge in [0.05, 0.1) is 11.6 Å². The zero-order valence-electron chi connectivity index (χ0n) is 6.28. The van der Waals surface area contributed by atoms with Crippen molar-refractivity contribution < 1.29 is 14.3 Å². The largest absolute Gasteiger partial charge is 0.618 e. The average molecular weight is 232 g/mol. The van der Waals surface area contributed by atoms with Gasteiger partial charge in [0.2, 0.25) is 0 Å². The molecule has 0 amide bonds. The molecule has 4 nitrogen and oxygen atoms in total. The van der Waals surface area contributed by atoms with Crippen molar-refractivity contribution >= 4 is 21.9 Å². The fourth-order valence-corrected chi connectivity index (χ4v) is 1.24. The van der Waals surface area contributed by atoms with Crippen LogP contribution < -0.4 is 4.73 Å². The second kappa shape index (κ2) is 3.53. The van der Waals surface area contributed by atoms with Crippen LogP contribution in [-0.2, 0) is 4.74 Å². The highest BCUT2D eigenvalue weighted by Gasteiger charge is 2.20. The number of nitrogens with zero attached hydrogens (tertiary/aromatic N) is 1. The zero-order valence-corrected chi connectivity index (χ0v) is 7.87. The van der Waals surface area contributed by atoms with Crippen LogP contribution in [0, 0.1) is 5.21 Å². The summed E-state index contributed by atoms with van der Waals surface area (Å²) in [5.41, 5.74) is -0.0417. The Morgan fingerprint density at radius 1 is 1.75 bits per heavy atom. The summed E-state index contributed by atoms with van der Waals surface area (Å²) in [7, 11) is 1.22. The number of ether oxygens (including phenoxy) is 1. The Morgan fingerprint density at radius 3 is 2.92 bits per heavy atom. The number of hydrogen-bond acceptors (Lipinski definition) is 3. The Morgan fingerprint density at radius 2 is 2.42 bits per heavy atom. The quantitative estimate of drug-likeness (QED) is 0.410. The van der Waals surface area contributed by atoms with Crippen LogP contribution in [0.1, 0.15) is 10.5 Å². The van der Waals surface area contributed by atoms with Crippen molar-refractivity contribution in [2.24, 2.45) is 0 Å². The van der Waals surface area contributed by atoms with Crippen LogP contribution in [0.2, 0.25) is 0 Å². The molecule has 0 fully saturated rings. The Labute approximate surface area is 77.5 Å². The molecule has 1 heterocycles. The van der Waals surface area contributed by atoms with E-state index in [9.17, 15) is 10.0 Å². The standard InChI is InChI=1S/C7H6BrNO3/c1-12-7(10)6-5(8)3-2-4-9(6)11/h2-4H,1H3. The van der Waals surface area contributed by atoms with Gasteiger partial charge in [0.1, 0.15) is 0 Å². The lowest BCUT2D eigenvalue weighted by Gasteiger charge is -2.02. The van der Waals surface area contributed by atoms with Crippen LogP contribution in [0.3, 0.4) is 0 Å². The molecule has 0 bridgehead atoms. The third-order valence-corrected chi connectivity index (χ3v) is 1.93. The lowest BCUT2D eigenvalue weighted by atomic mass is 10.3. The number of hydrogen-bond donors (Lipinski definition) is 0. The monoisotopic (exact) mass is 231 g/mol. The first-order chi connectivity index (χ1) is 5.66. The minimum Gasteiger partial charge on any atom is -0.618 e. The Balaban J connectivity index is 3.21. The van der Waals surface area contributed by atoms with Crippen molar-refractivity contribution in [1.82, 2.24) is 0 Å². The molecule has 0 spiro atoms. The maximum atomic E-state index is 11.0. The SMILES string of the molecule is COC(=O)c1c(Br)ccc[n+]1[O-]. The first-order valence-electron chi connectivity index (χ1n) is 3.13. The molecule has 0 aliphatic rings. The van der Waals surface area contributed by atoms with E-state index in [0.717, 1.165) is 0 Å². The van der Waals surface area contributed by atoms with Gasteiger partial charge >= 0.3 is 11.7 Å². The van der Waals surface area contributed by atoms with E-state index in [1.54, 1.807) is 6.07 Å². The van der Waals surface area contributed by atoms with Gasteiger partial charge in [-0.3, -0.25) is 0 Å². The number of carbonyl (C=O) groups is 1. The smallest absolute Gasteiger partial charge is 0.405 e. The van der Waals surface area contributed by atoms with Crippen molar-refractivity contribution in [3.63, 3.8) is 0 Å². The summed E-state index contributed by atoms with van der Waals surface area (Å²) < 4.78 is 5.29. The summed E-state index contributed by atoms with van der Waals surface area (Å²) >= 11 is 3.07. The Kier molecular flexibility index (Phi) is 2.65. The van der Waals surface area contributed by atoms with Gasteiger partial charge in [-0.05, 0) is 22.0 Å². The topological polar surface area (TPSA) is 53.2 Å². The van der Waals surface area contributed by atoms with E-state index >= 15 is 0 Å². The normalized spacial score (nSPS) is 9.50. The highest BCUT2D eigenvalue weighted by atomic mass is 79.9. The van der Waals surface area contributed by atoms with Crippen LogP contribution in [0.5, 0.6) is 0 Å². The third kappa shape index (κ3) is 1.55. The predicted octanol–water partition coefficient (Wildman–Crippen LogP) is 0.869. The summed E-state index contributed by atoms with van der Waals surface area (Å²) in [5, 5.41) is 11.0. The molecule has 5 heteroatoms. The highest BCUT2D eigenvalue weighted by molar-refractivity contribution is 9.10. The first-order valence-corrected chi connectivity index (χ1v) is 3.92. The molecular weight excluding hydrogens is 226 g/mol. The van der Waals surface area contributed by atoms with Crippen LogP contribution >= 0.6 is 15.9 Å². The van der Waals surface area contributed by atoms with Crippen molar-refractivity contribution in [3.8, 4) is 0 Å². The minimum atomic E-state index is -0.655. The maximum Gasteiger partial charge on any atom is 0.405 e. The molecule has 0 aromatic carbocycles. The van der Waals surface area contributed by atoms with Crippen molar-refractivity contribution in [1.29, 1.82) is 0 Å². The van der Waals surface area contributed by atoms with Crippen molar-refractivity contribution in [2.45, 2.75) is 0 Å². The van der Waals surface area contributed by atoms with Gasteiger partial charge < -0.3 is 9.94 Å². The Bertz CT molecular complexity index is 293. The van der Waals surface area contributed by atoms with Gasteiger partial charge in [0, 0.05) is 6.07 Å². The number of rotatable bonds is 1. The molecule has 0 aliphatic carbocycles. The van der Waals surface area contributed by atoms with E-state index < -0.39 is 5.97 Å². The van der Waals surface area contributed by atoms with Gasteiger partial charge in [-0.1, -0.05) is 0 Å². The van der Waals surface area contributed by atoms with E-state index in [-0.39, 0.29) is 5.69 Å². The molecule has 1 aromatic rings. The molecule has 1 rings (SSSR count). The van der Waals surface area contributed by atoms with Gasteiger partial charge in [-0.2, -0.15) is 4.73 Å².